The minimum Gasteiger partial charge on any atom is -0.326 e. The fourth-order valence-electron chi connectivity index (χ4n) is 4.12. The van der Waals surface area contributed by atoms with E-state index in [1.165, 1.54) is 16.4 Å². The van der Waals surface area contributed by atoms with Crippen molar-refractivity contribution in [1.29, 1.82) is 0 Å². The van der Waals surface area contributed by atoms with Crippen LogP contribution in [-0.4, -0.2) is 46.4 Å². The van der Waals surface area contributed by atoms with Gasteiger partial charge in [-0.15, -0.1) is 0 Å². The quantitative estimate of drug-likeness (QED) is 0.536. The Labute approximate surface area is 206 Å². The molecule has 35 heavy (non-hydrogen) atoms. The molecule has 7 nitrogen and oxygen atoms in total. The molecule has 0 radical (unpaired) electrons. The summed E-state index contributed by atoms with van der Waals surface area (Å²) in [6.45, 7) is 2.47. The van der Waals surface area contributed by atoms with E-state index in [1.54, 1.807) is 36.4 Å². The average Bonchev–Trinajstić information content (AvgIpc) is 2.85. The van der Waals surface area contributed by atoms with Gasteiger partial charge in [0.25, 0.3) is 0 Å². The van der Waals surface area contributed by atoms with Gasteiger partial charge in [-0.25, -0.2) is 16.8 Å². The van der Waals surface area contributed by atoms with Gasteiger partial charge in [-0.2, -0.15) is 4.31 Å². The number of nitrogens with zero attached hydrogens (tertiary/aromatic N) is 1. The summed E-state index contributed by atoms with van der Waals surface area (Å²) in [5.74, 6) is -0.603. The minimum atomic E-state index is -3.76. The number of aryl methyl sites for hydroxylation is 1. The van der Waals surface area contributed by atoms with Crippen molar-refractivity contribution < 1.29 is 21.6 Å². The van der Waals surface area contributed by atoms with Crippen LogP contribution in [0.3, 0.4) is 0 Å². The lowest BCUT2D eigenvalue weighted by molar-refractivity contribution is -0.120. The molecular weight excluding hydrogens is 484 g/mol. The summed E-state index contributed by atoms with van der Waals surface area (Å²) in [5.41, 5.74) is 3.35. The van der Waals surface area contributed by atoms with E-state index in [2.05, 4.69) is 5.32 Å². The molecule has 0 aromatic heterocycles. The van der Waals surface area contributed by atoms with Crippen LogP contribution in [0.5, 0.6) is 0 Å². The van der Waals surface area contributed by atoms with E-state index in [0.29, 0.717) is 25.1 Å². The SMILES string of the molecule is Cc1ccc(NC(=O)C2CCCN(S(=O)(=O)c3ccc(-c4ccc(S(C)(=O)=O)cc4)cc3)C2)cc1. The van der Waals surface area contributed by atoms with Gasteiger partial charge < -0.3 is 5.32 Å². The maximum atomic E-state index is 13.3. The fraction of sp³-hybridized carbons (Fsp3) is 0.269. The van der Waals surface area contributed by atoms with Gasteiger partial charge in [0.05, 0.1) is 15.7 Å². The molecule has 4 rings (SSSR count). The Morgan fingerprint density at radius 3 is 1.91 bits per heavy atom. The number of rotatable bonds is 6. The van der Waals surface area contributed by atoms with E-state index in [-0.39, 0.29) is 22.2 Å². The summed E-state index contributed by atoms with van der Waals surface area (Å²) in [7, 11) is -7.04. The molecule has 0 bridgehead atoms. The van der Waals surface area contributed by atoms with Gasteiger partial charge in [0, 0.05) is 25.0 Å². The van der Waals surface area contributed by atoms with Crippen LogP contribution in [0, 0.1) is 12.8 Å². The van der Waals surface area contributed by atoms with Crippen molar-refractivity contribution in [3.63, 3.8) is 0 Å². The molecule has 0 saturated carbocycles. The van der Waals surface area contributed by atoms with E-state index in [4.69, 9.17) is 0 Å². The molecule has 184 valence electrons. The third-order valence-electron chi connectivity index (χ3n) is 6.18. The van der Waals surface area contributed by atoms with Crippen molar-refractivity contribution in [1.82, 2.24) is 4.31 Å². The van der Waals surface area contributed by atoms with Gasteiger partial charge in [0.15, 0.2) is 9.84 Å². The summed E-state index contributed by atoms with van der Waals surface area (Å²) in [6, 6.07) is 20.5. The van der Waals surface area contributed by atoms with E-state index in [0.717, 1.165) is 22.9 Å². The predicted octanol–water partition coefficient (Wildman–Crippen LogP) is 4.10. The highest BCUT2D eigenvalue weighted by atomic mass is 32.2. The van der Waals surface area contributed by atoms with Crippen molar-refractivity contribution in [2.45, 2.75) is 29.6 Å². The third-order valence-corrected chi connectivity index (χ3v) is 9.19. The monoisotopic (exact) mass is 512 g/mol. The van der Waals surface area contributed by atoms with Crippen molar-refractivity contribution in [3.05, 3.63) is 78.4 Å². The molecule has 3 aromatic rings. The van der Waals surface area contributed by atoms with Crippen molar-refractivity contribution in [2.24, 2.45) is 5.92 Å². The smallest absolute Gasteiger partial charge is 0.243 e. The second kappa shape index (κ2) is 9.93. The Kier molecular flexibility index (Phi) is 7.12. The molecule has 1 unspecified atom stereocenters. The molecule has 1 aliphatic heterocycles. The number of benzene rings is 3. The van der Waals surface area contributed by atoms with Crippen LogP contribution in [0.4, 0.5) is 5.69 Å². The molecule has 0 aliphatic carbocycles. The average molecular weight is 513 g/mol. The van der Waals surface area contributed by atoms with Crippen LogP contribution in [0.15, 0.2) is 82.6 Å². The highest BCUT2D eigenvalue weighted by Gasteiger charge is 2.33. The second-order valence-electron chi connectivity index (χ2n) is 8.88. The molecular formula is C26H28N2O5S2. The molecule has 1 aliphatic rings. The summed E-state index contributed by atoms with van der Waals surface area (Å²) >= 11 is 0. The zero-order valence-corrected chi connectivity index (χ0v) is 21.3. The lowest BCUT2D eigenvalue weighted by Gasteiger charge is -2.31. The number of piperidine rings is 1. The lowest BCUT2D eigenvalue weighted by atomic mass is 9.98. The van der Waals surface area contributed by atoms with Crippen molar-refractivity contribution in [2.75, 3.05) is 24.7 Å². The highest BCUT2D eigenvalue weighted by molar-refractivity contribution is 7.90. The maximum absolute atomic E-state index is 13.3. The third kappa shape index (κ3) is 5.80. The standard InChI is InChI=1S/C26H28N2O5S2/c1-19-5-11-23(12-6-19)27-26(29)22-4-3-17-28(18-22)35(32,33)25-15-9-21(10-16-25)20-7-13-24(14-8-20)34(2,30)31/h5-16,22H,3-4,17-18H2,1-2H3,(H,27,29). The Morgan fingerprint density at radius 1 is 0.829 bits per heavy atom. The lowest BCUT2D eigenvalue weighted by Crippen LogP contribution is -2.43. The Balaban J connectivity index is 1.46. The van der Waals surface area contributed by atoms with Crippen LogP contribution in [-0.2, 0) is 24.7 Å². The minimum absolute atomic E-state index is 0.134. The number of hydrogen-bond acceptors (Lipinski definition) is 5. The van der Waals surface area contributed by atoms with E-state index < -0.39 is 25.8 Å². The number of sulfonamides is 1. The predicted molar refractivity (Wildman–Crippen MR) is 136 cm³/mol. The topological polar surface area (TPSA) is 101 Å². The van der Waals surface area contributed by atoms with E-state index in [1.807, 2.05) is 31.2 Å². The van der Waals surface area contributed by atoms with Gasteiger partial charge >= 0.3 is 0 Å². The Bertz CT molecular complexity index is 1410. The Morgan fingerprint density at radius 2 is 1.37 bits per heavy atom. The van der Waals surface area contributed by atoms with E-state index >= 15 is 0 Å². The van der Waals surface area contributed by atoms with Crippen molar-refractivity contribution in [3.8, 4) is 11.1 Å². The molecule has 1 saturated heterocycles. The fourth-order valence-corrected chi connectivity index (χ4v) is 6.27. The first kappa shape index (κ1) is 25.1. The Hall–Kier alpha value is -3.01. The first-order chi connectivity index (χ1) is 16.5. The van der Waals surface area contributed by atoms with Crippen LogP contribution in [0.25, 0.3) is 11.1 Å². The molecule has 3 aromatic carbocycles. The molecule has 1 amide bonds. The van der Waals surface area contributed by atoms with Crippen LogP contribution < -0.4 is 5.32 Å². The van der Waals surface area contributed by atoms with Gasteiger partial charge in [0.2, 0.25) is 15.9 Å². The zero-order chi connectivity index (χ0) is 25.2. The molecule has 1 N–H and O–H groups in total. The number of anilines is 1. The number of amides is 1. The first-order valence-electron chi connectivity index (χ1n) is 11.3. The number of sulfone groups is 1. The molecule has 1 fully saturated rings. The van der Waals surface area contributed by atoms with Crippen molar-refractivity contribution >= 4 is 31.5 Å². The van der Waals surface area contributed by atoms with Crippen LogP contribution in [0.2, 0.25) is 0 Å². The second-order valence-corrected chi connectivity index (χ2v) is 12.8. The number of nitrogens with one attached hydrogen (secondary N) is 1. The number of carbonyl (C=O) groups is 1. The maximum Gasteiger partial charge on any atom is 0.243 e. The molecule has 9 heteroatoms. The summed E-state index contributed by atoms with van der Waals surface area (Å²) < 4.78 is 51.3. The van der Waals surface area contributed by atoms with Crippen LogP contribution >= 0.6 is 0 Å². The summed E-state index contributed by atoms with van der Waals surface area (Å²) in [5, 5.41) is 2.89. The summed E-state index contributed by atoms with van der Waals surface area (Å²) in [4.78, 5) is 13.2. The molecule has 0 spiro atoms. The van der Waals surface area contributed by atoms with Gasteiger partial charge in [-0.05, 0) is 67.3 Å². The van der Waals surface area contributed by atoms with Gasteiger partial charge in [-0.3, -0.25) is 4.79 Å². The number of carbonyl (C=O) groups excluding carboxylic acids is 1. The number of hydrogen-bond donors (Lipinski definition) is 1. The normalized spacial score (nSPS) is 17.1. The molecule has 1 atom stereocenters. The van der Waals surface area contributed by atoms with Crippen LogP contribution in [0.1, 0.15) is 18.4 Å². The largest absolute Gasteiger partial charge is 0.326 e. The van der Waals surface area contributed by atoms with E-state index in [9.17, 15) is 21.6 Å². The zero-order valence-electron chi connectivity index (χ0n) is 19.6. The summed E-state index contributed by atoms with van der Waals surface area (Å²) in [6.07, 6.45) is 2.39. The first-order valence-corrected chi connectivity index (χ1v) is 14.7. The van der Waals surface area contributed by atoms with Gasteiger partial charge in [-0.1, -0.05) is 42.0 Å². The molecule has 1 heterocycles. The highest BCUT2D eigenvalue weighted by Crippen LogP contribution is 2.27. The van der Waals surface area contributed by atoms with Gasteiger partial charge in [0.1, 0.15) is 0 Å².